The van der Waals surface area contributed by atoms with Gasteiger partial charge in [0.05, 0.1) is 5.92 Å². The Morgan fingerprint density at radius 2 is 1.95 bits per heavy atom. The Hall–Kier alpha value is -1.84. The van der Waals surface area contributed by atoms with E-state index in [-0.39, 0.29) is 17.7 Å². The number of carbonyl (C=O) groups excluding carboxylic acids is 1. The second-order valence-electron chi connectivity index (χ2n) is 5.51. The monoisotopic (exact) mass is 275 g/mol. The Morgan fingerprint density at radius 1 is 1.25 bits per heavy atom. The average molecular weight is 275 g/mol. The van der Waals surface area contributed by atoms with Gasteiger partial charge >= 0.3 is 5.97 Å². The van der Waals surface area contributed by atoms with Crippen LogP contribution in [0.2, 0.25) is 0 Å². The normalized spacial score (nSPS) is 21.6. The zero-order valence-electron chi connectivity index (χ0n) is 11.8. The molecule has 0 saturated heterocycles. The molecule has 2 unspecified atom stereocenters. The summed E-state index contributed by atoms with van der Waals surface area (Å²) in [6, 6.07) is 8.13. The molecule has 0 aliphatic heterocycles. The van der Waals surface area contributed by atoms with E-state index < -0.39 is 5.97 Å². The van der Waals surface area contributed by atoms with Crippen molar-refractivity contribution in [1.82, 2.24) is 5.32 Å². The molecular weight excluding hydrogens is 254 g/mol. The molecule has 2 N–H and O–H groups in total. The second-order valence-corrected chi connectivity index (χ2v) is 5.51. The smallest absolute Gasteiger partial charge is 0.306 e. The van der Waals surface area contributed by atoms with Crippen LogP contribution in [0.5, 0.6) is 0 Å². The van der Waals surface area contributed by atoms with Gasteiger partial charge in [-0.2, -0.15) is 0 Å². The van der Waals surface area contributed by atoms with Crippen LogP contribution in [0.3, 0.4) is 0 Å². The third-order valence-electron chi connectivity index (χ3n) is 4.11. The molecule has 1 aromatic rings. The van der Waals surface area contributed by atoms with Crippen molar-refractivity contribution in [2.24, 2.45) is 11.8 Å². The molecule has 0 heterocycles. The molecule has 4 heteroatoms. The van der Waals surface area contributed by atoms with Crippen molar-refractivity contribution in [3.8, 4) is 0 Å². The minimum Gasteiger partial charge on any atom is -0.481 e. The van der Waals surface area contributed by atoms with E-state index in [2.05, 4.69) is 24.4 Å². The lowest BCUT2D eigenvalue weighted by Crippen LogP contribution is -2.31. The van der Waals surface area contributed by atoms with E-state index in [9.17, 15) is 9.59 Å². The van der Waals surface area contributed by atoms with Gasteiger partial charge in [-0.25, -0.2) is 0 Å². The first kappa shape index (κ1) is 14.6. The van der Waals surface area contributed by atoms with Crippen LogP contribution >= 0.6 is 0 Å². The lowest BCUT2D eigenvalue weighted by Gasteiger charge is -2.11. The van der Waals surface area contributed by atoms with Gasteiger partial charge < -0.3 is 10.4 Å². The van der Waals surface area contributed by atoms with Crippen LogP contribution in [0.15, 0.2) is 24.3 Å². The third kappa shape index (κ3) is 3.59. The molecule has 2 atom stereocenters. The summed E-state index contributed by atoms with van der Waals surface area (Å²) in [6.45, 7) is 2.67. The van der Waals surface area contributed by atoms with Gasteiger partial charge in [0.15, 0.2) is 0 Å². The molecule has 0 aromatic heterocycles. The zero-order chi connectivity index (χ0) is 14.5. The first-order valence-electron chi connectivity index (χ1n) is 7.13. The number of aryl methyl sites for hydroxylation is 1. The summed E-state index contributed by atoms with van der Waals surface area (Å²) in [5, 5.41) is 11.9. The van der Waals surface area contributed by atoms with Gasteiger partial charge in [0.25, 0.3) is 0 Å². The molecule has 1 aromatic carbocycles. The summed E-state index contributed by atoms with van der Waals surface area (Å²) in [5.41, 5.74) is 2.47. The molecule has 0 radical (unpaired) electrons. The highest BCUT2D eigenvalue weighted by molar-refractivity contribution is 5.80. The summed E-state index contributed by atoms with van der Waals surface area (Å²) in [4.78, 5) is 22.9. The number of benzene rings is 1. The van der Waals surface area contributed by atoms with E-state index in [1.165, 1.54) is 11.1 Å². The van der Waals surface area contributed by atoms with Crippen molar-refractivity contribution in [2.75, 3.05) is 6.54 Å². The fraction of sp³-hybridized carbons (Fsp3) is 0.500. The Kier molecular flexibility index (Phi) is 4.77. The van der Waals surface area contributed by atoms with Crippen LogP contribution < -0.4 is 5.32 Å². The van der Waals surface area contributed by atoms with Gasteiger partial charge in [0.2, 0.25) is 5.91 Å². The third-order valence-corrected chi connectivity index (χ3v) is 4.11. The molecule has 2 rings (SSSR count). The number of amides is 1. The second kappa shape index (κ2) is 6.55. The van der Waals surface area contributed by atoms with Gasteiger partial charge in [-0.1, -0.05) is 24.3 Å². The van der Waals surface area contributed by atoms with Crippen LogP contribution in [0.1, 0.15) is 30.4 Å². The fourth-order valence-corrected chi connectivity index (χ4v) is 2.80. The average Bonchev–Trinajstić information content (AvgIpc) is 2.91. The lowest BCUT2D eigenvalue weighted by atomic mass is 10.0. The van der Waals surface area contributed by atoms with Gasteiger partial charge in [-0.05, 0) is 43.7 Å². The zero-order valence-corrected chi connectivity index (χ0v) is 11.8. The molecule has 1 fully saturated rings. The Labute approximate surface area is 119 Å². The number of aliphatic carboxylic acids is 1. The topological polar surface area (TPSA) is 66.4 Å². The molecule has 1 aliphatic carbocycles. The van der Waals surface area contributed by atoms with Crippen molar-refractivity contribution in [3.63, 3.8) is 0 Å². The van der Waals surface area contributed by atoms with Gasteiger partial charge in [0, 0.05) is 12.5 Å². The largest absolute Gasteiger partial charge is 0.481 e. The van der Waals surface area contributed by atoms with E-state index in [0.29, 0.717) is 25.8 Å². The van der Waals surface area contributed by atoms with Gasteiger partial charge in [0.1, 0.15) is 0 Å². The highest BCUT2D eigenvalue weighted by atomic mass is 16.4. The highest BCUT2D eigenvalue weighted by Gasteiger charge is 2.33. The number of hydrogen-bond acceptors (Lipinski definition) is 2. The Bertz CT molecular complexity index is 498. The number of nitrogens with one attached hydrogen (secondary N) is 1. The summed E-state index contributed by atoms with van der Waals surface area (Å²) in [6.07, 6.45) is 2.59. The molecule has 4 nitrogen and oxygen atoms in total. The minimum atomic E-state index is -0.778. The predicted molar refractivity (Wildman–Crippen MR) is 76.4 cm³/mol. The first-order chi connectivity index (χ1) is 9.58. The SMILES string of the molecule is Cc1ccccc1CCNC(=O)C1CCC(C(=O)O)C1. The van der Waals surface area contributed by atoms with Crippen LogP contribution in [0.25, 0.3) is 0 Å². The quantitative estimate of drug-likeness (QED) is 0.865. The fourth-order valence-electron chi connectivity index (χ4n) is 2.80. The van der Waals surface area contributed by atoms with Crippen LogP contribution in [-0.4, -0.2) is 23.5 Å². The summed E-state index contributed by atoms with van der Waals surface area (Å²) in [7, 11) is 0. The van der Waals surface area contributed by atoms with Crippen LogP contribution in [-0.2, 0) is 16.0 Å². The standard InChI is InChI=1S/C16H21NO3/c1-11-4-2-3-5-12(11)8-9-17-15(18)13-6-7-14(10-13)16(19)20/h2-5,13-14H,6-10H2,1H3,(H,17,18)(H,19,20). The van der Waals surface area contributed by atoms with Crippen molar-refractivity contribution >= 4 is 11.9 Å². The van der Waals surface area contributed by atoms with Crippen molar-refractivity contribution in [3.05, 3.63) is 35.4 Å². The maximum atomic E-state index is 12.0. The maximum Gasteiger partial charge on any atom is 0.306 e. The Balaban J connectivity index is 1.76. The maximum absolute atomic E-state index is 12.0. The van der Waals surface area contributed by atoms with Crippen LogP contribution in [0.4, 0.5) is 0 Å². The summed E-state index contributed by atoms with van der Waals surface area (Å²) >= 11 is 0. The molecular formula is C16H21NO3. The number of rotatable bonds is 5. The predicted octanol–water partition coefficient (Wildman–Crippen LogP) is 2.15. The number of carbonyl (C=O) groups is 2. The number of hydrogen-bond donors (Lipinski definition) is 2. The van der Waals surface area contributed by atoms with Crippen LogP contribution in [0, 0.1) is 18.8 Å². The molecule has 1 saturated carbocycles. The minimum absolute atomic E-state index is 0.00216. The van der Waals surface area contributed by atoms with E-state index >= 15 is 0 Å². The molecule has 1 aliphatic rings. The van der Waals surface area contributed by atoms with E-state index in [4.69, 9.17) is 5.11 Å². The summed E-state index contributed by atoms with van der Waals surface area (Å²) < 4.78 is 0. The molecule has 1 amide bonds. The summed E-state index contributed by atoms with van der Waals surface area (Å²) in [5.74, 6) is -1.25. The van der Waals surface area contributed by atoms with E-state index in [0.717, 1.165) is 6.42 Å². The molecule has 0 bridgehead atoms. The molecule has 20 heavy (non-hydrogen) atoms. The Morgan fingerprint density at radius 3 is 2.60 bits per heavy atom. The van der Waals surface area contributed by atoms with E-state index in [1.807, 2.05) is 12.1 Å². The van der Waals surface area contributed by atoms with E-state index in [1.54, 1.807) is 0 Å². The molecule has 108 valence electrons. The van der Waals surface area contributed by atoms with Crippen molar-refractivity contribution in [1.29, 1.82) is 0 Å². The highest BCUT2D eigenvalue weighted by Crippen LogP contribution is 2.31. The van der Waals surface area contributed by atoms with Gasteiger partial charge in [-0.3, -0.25) is 9.59 Å². The lowest BCUT2D eigenvalue weighted by molar-refractivity contribution is -0.141. The molecule has 0 spiro atoms. The van der Waals surface area contributed by atoms with Gasteiger partial charge in [-0.15, -0.1) is 0 Å². The van der Waals surface area contributed by atoms with Crippen molar-refractivity contribution in [2.45, 2.75) is 32.6 Å². The van der Waals surface area contributed by atoms with Crippen molar-refractivity contribution < 1.29 is 14.7 Å². The number of carboxylic acids is 1. The number of carboxylic acid groups (broad SMARTS) is 1. The first-order valence-corrected chi connectivity index (χ1v) is 7.13.